The standard InChI is InChI=1S/C14H24N5O13P3/c1-2-3-4-14(19-7-18-9-12(15)16-6-17-13(9)19)11(21)10(20)8(30-14)5-29-34(25,26)32-35(27,28)31-33(22,23)24/h6-8,10-11,20-21H,2-5H2,1H3,(H,25,26)(H,27,28)(H2,15,16,17)(H2,22,23,24)/t8-,10-,11-,14-/m1/s1. The lowest BCUT2D eigenvalue weighted by atomic mass is 9.96. The van der Waals surface area contributed by atoms with Crippen LogP contribution in [0, 0.1) is 0 Å². The van der Waals surface area contributed by atoms with Crippen LogP contribution < -0.4 is 5.73 Å². The van der Waals surface area contributed by atoms with E-state index in [1.165, 1.54) is 10.9 Å². The molecule has 3 heterocycles. The van der Waals surface area contributed by atoms with Gasteiger partial charge in [-0.2, -0.15) is 8.62 Å². The number of nitrogens with zero attached hydrogens (tertiary/aromatic N) is 4. The van der Waals surface area contributed by atoms with Crippen LogP contribution in [-0.4, -0.2) is 74.2 Å². The van der Waals surface area contributed by atoms with Gasteiger partial charge in [0.1, 0.15) is 30.2 Å². The van der Waals surface area contributed by atoms with Crippen molar-refractivity contribution in [1.82, 2.24) is 19.5 Å². The van der Waals surface area contributed by atoms with Crippen molar-refractivity contribution in [2.24, 2.45) is 0 Å². The van der Waals surface area contributed by atoms with Crippen molar-refractivity contribution in [3.05, 3.63) is 12.7 Å². The zero-order chi connectivity index (χ0) is 26.2. The number of anilines is 1. The van der Waals surface area contributed by atoms with Crippen LogP contribution >= 0.6 is 23.5 Å². The minimum absolute atomic E-state index is 0.0524. The molecule has 18 nitrogen and oxygen atoms in total. The maximum atomic E-state index is 12.0. The second-order valence-corrected chi connectivity index (χ2v) is 11.9. The summed E-state index contributed by atoms with van der Waals surface area (Å²) in [4.78, 5) is 48.2. The number of imidazole rings is 1. The van der Waals surface area contributed by atoms with E-state index in [1.807, 2.05) is 6.92 Å². The van der Waals surface area contributed by atoms with Gasteiger partial charge in [-0.1, -0.05) is 13.3 Å². The van der Waals surface area contributed by atoms with Crippen LogP contribution in [0.1, 0.15) is 26.2 Å². The predicted octanol–water partition coefficient (Wildman–Crippen LogP) is -0.285. The molecule has 1 aliphatic rings. The molecule has 2 aromatic heterocycles. The fourth-order valence-electron chi connectivity index (χ4n) is 3.56. The van der Waals surface area contributed by atoms with Gasteiger partial charge in [-0.25, -0.2) is 28.6 Å². The second kappa shape index (κ2) is 10.2. The van der Waals surface area contributed by atoms with Crippen LogP contribution in [0.3, 0.4) is 0 Å². The Morgan fingerprint density at radius 1 is 1.11 bits per heavy atom. The molecule has 1 fully saturated rings. The van der Waals surface area contributed by atoms with Crippen molar-refractivity contribution in [3.63, 3.8) is 0 Å². The van der Waals surface area contributed by atoms with Crippen LogP contribution in [0.5, 0.6) is 0 Å². The van der Waals surface area contributed by atoms with Crippen LogP contribution in [0.4, 0.5) is 5.82 Å². The Balaban J connectivity index is 1.84. The number of phosphoric ester groups is 1. The fraction of sp³-hybridized carbons (Fsp3) is 0.643. The minimum atomic E-state index is -5.73. The number of fused-ring (bicyclic) bond motifs is 1. The summed E-state index contributed by atoms with van der Waals surface area (Å²) in [6.45, 7) is 0.907. The van der Waals surface area contributed by atoms with E-state index in [2.05, 4.69) is 28.1 Å². The van der Waals surface area contributed by atoms with Gasteiger partial charge < -0.3 is 40.3 Å². The first-order valence-electron chi connectivity index (χ1n) is 9.87. The molecule has 2 unspecified atom stereocenters. The summed E-state index contributed by atoms with van der Waals surface area (Å²) in [5.41, 5.74) is 4.51. The van der Waals surface area contributed by atoms with Crippen LogP contribution in [-0.2, 0) is 37.3 Å². The first-order valence-corrected chi connectivity index (χ1v) is 14.4. The summed E-state index contributed by atoms with van der Waals surface area (Å²) in [5, 5.41) is 21.6. The molecule has 0 spiro atoms. The SMILES string of the molecule is CCCC[C@@]1(n2cnc3c(N)ncnc32)O[C@H](COP(=O)(O)OP(=O)(O)OP(=O)(O)O)[C@@H](O)[C@H]1O. The fourth-order valence-corrected chi connectivity index (χ4v) is 6.59. The second-order valence-electron chi connectivity index (χ2n) is 7.47. The highest BCUT2D eigenvalue weighted by Gasteiger charge is 2.56. The van der Waals surface area contributed by atoms with Crippen molar-refractivity contribution >= 4 is 40.4 Å². The number of nitrogen functional groups attached to an aromatic ring is 1. The lowest BCUT2D eigenvalue weighted by molar-refractivity contribution is -0.150. The molecule has 0 radical (unpaired) electrons. The van der Waals surface area contributed by atoms with Crippen molar-refractivity contribution in [1.29, 1.82) is 0 Å². The summed E-state index contributed by atoms with van der Waals surface area (Å²) in [6.07, 6.45) is -1.10. The van der Waals surface area contributed by atoms with Gasteiger partial charge in [0.05, 0.1) is 12.9 Å². The Labute approximate surface area is 197 Å². The van der Waals surface area contributed by atoms with E-state index in [1.54, 1.807) is 0 Å². The predicted molar refractivity (Wildman–Crippen MR) is 114 cm³/mol. The van der Waals surface area contributed by atoms with Gasteiger partial charge in [0.25, 0.3) is 0 Å². The Morgan fingerprint density at radius 2 is 1.80 bits per heavy atom. The molecule has 0 aliphatic carbocycles. The molecule has 21 heteroatoms. The maximum absolute atomic E-state index is 12.0. The van der Waals surface area contributed by atoms with Gasteiger partial charge >= 0.3 is 23.5 Å². The van der Waals surface area contributed by atoms with Crippen LogP contribution in [0.15, 0.2) is 12.7 Å². The molecule has 2 aromatic rings. The van der Waals surface area contributed by atoms with E-state index in [4.69, 9.17) is 20.3 Å². The van der Waals surface area contributed by atoms with Crippen LogP contribution in [0.25, 0.3) is 11.2 Å². The molecule has 0 saturated carbocycles. The Bertz CT molecular complexity index is 1210. The van der Waals surface area contributed by atoms with Gasteiger partial charge in [-0.15, -0.1) is 0 Å². The Hall–Kier alpha value is -1.36. The van der Waals surface area contributed by atoms with Gasteiger partial charge in [0.2, 0.25) is 0 Å². The minimum Gasteiger partial charge on any atom is -0.387 e. The number of hydrogen-bond acceptors (Lipinski definition) is 13. The highest BCUT2D eigenvalue weighted by Crippen LogP contribution is 2.66. The average molecular weight is 563 g/mol. The number of unbranched alkanes of at least 4 members (excludes halogenated alkanes) is 1. The first kappa shape index (κ1) is 28.2. The molecule has 6 atom stereocenters. The first-order chi connectivity index (χ1) is 16.1. The number of hydrogen-bond donors (Lipinski definition) is 7. The number of rotatable bonds is 11. The van der Waals surface area contributed by atoms with E-state index in [0.29, 0.717) is 12.8 Å². The molecule has 1 saturated heterocycles. The molecular formula is C14H24N5O13P3. The Kier molecular flexibility index (Phi) is 8.21. The largest absolute Gasteiger partial charge is 0.490 e. The van der Waals surface area contributed by atoms with Crippen LogP contribution in [0.2, 0.25) is 0 Å². The van der Waals surface area contributed by atoms with E-state index < -0.39 is 54.1 Å². The molecule has 8 N–H and O–H groups in total. The van der Waals surface area contributed by atoms with Gasteiger partial charge in [-0.05, 0) is 12.8 Å². The molecule has 0 aromatic carbocycles. The molecule has 3 rings (SSSR count). The van der Waals surface area contributed by atoms with E-state index in [9.17, 15) is 33.7 Å². The molecule has 35 heavy (non-hydrogen) atoms. The number of phosphoric acid groups is 3. The smallest absolute Gasteiger partial charge is 0.387 e. The van der Waals surface area contributed by atoms with Crippen molar-refractivity contribution < 1.29 is 61.4 Å². The molecule has 1 aliphatic heterocycles. The third-order valence-electron chi connectivity index (χ3n) is 5.00. The number of ether oxygens (including phenoxy) is 1. The third-order valence-corrected chi connectivity index (χ3v) is 8.80. The lowest BCUT2D eigenvalue weighted by Gasteiger charge is -2.33. The van der Waals surface area contributed by atoms with Gasteiger partial charge in [0.15, 0.2) is 17.2 Å². The molecular weight excluding hydrogens is 539 g/mol. The number of aliphatic hydroxyl groups is 2. The molecule has 0 amide bonds. The topological polar surface area (TPSA) is 279 Å². The normalized spacial score (nSPS) is 28.7. The lowest BCUT2D eigenvalue weighted by Crippen LogP contribution is -2.45. The van der Waals surface area contributed by atoms with Crippen molar-refractivity contribution in [2.75, 3.05) is 12.3 Å². The molecule has 0 bridgehead atoms. The number of aliphatic hydroxyl groups excluding tert-OH is 2. The highest BCUT2D eigenvalue weighted by molar-refractivity contribution is 7.66. The van der Waals surface area contributed by atoms with Crippen molar-refractivity contribution in [2.45, 2.75) is 50.2 Å². The summed E-state index contributed by atoms with van der Waals surface area (Å²) in [6, 6.07) is 0. The maximum Gasteiger partial charge on any atom is 0.490 e. The summed E-state index contributed by atoms with van der Waals surface area (Å²) < 4.78 is 53.3. The van der Waals surface area contributed by atoms with E-state index in [0.717, 1.165) is 6.33 Å². The zero-order valence-electron chi connectivity index (χ0n) is 18.0. The van der Waals surface area contributed by atoms with Crippen molar-refractivity contribution in [3.8, 4) is 0 Å². The quantitative estimate of drug-likeness (QED) is 0.173. The van der Waals surface area contributed by atoms with Gasteiger partial charge in [0, 0.05) is 0 Å². The number of aromatic nitrogens is 4. The summed E-state index contributed by atoms with van der Waals surface area (Å²) >= 11 is 0. The monoisotopic (exact) mass is 563 g/mol. The number of nitrogens with two attached hydrogens (primary N) is 1. The third kappa shape index (κ3) is 6.32. The average Bonchev–Trinajstić information content (AvgIpc) is 3.25. The van der Waals surface area contributed by atoms with E-state index in [-0.39, 0.29) is 23.4 Å². The molecule has 198 valence electrons. The summed E-state index contributed by atoms with van der Waals surface area (Å²) in [7, 11) is -16.8. The zero-order valence-corrected chi connectivity index (χ0v) is 20.6. The van der Waals surface area contributed by atoms with Gasteiger partial charge in [-0.3, -0.25) is 9.09 Å². The highest BCUT2D eigenvalue weighted by atomic mass is 31.3. The summed E-state index contributed by atoms with van der Waals surface area (Å²) in [5.74, 6) is 0.0524. The van der Waals surface area contributed by atoms with E-state index >= 15 is 0 Å². The Morgan fingerprint density at radius 3 is 2.43 bits per heavy atom.